The van der Waals surface area contributed by atoms with E-state index >= 15 is 0 Å². The summed E-state index contributed by atoms with van der Waals surface area (Å²) in [6, 6.07) is 14.7. The van der Waals surface area contributed by atoms with E-state index in [1.54, 1.807) is 13.8 Å². The van der Waals surface area contributed by atoms with Gasteiger partial charge in [-0.05, 0) is 134 Å². The van der Waals surface area contributed by atoms with Crippen molar-refractivity contribution in [2.75, 3.05) is 45.0 Å². The maximum atomic E-state index is 13.0. The van der Waals surface area contributed by atoms with E-state index in [2.05, 4.69) is 112 Å². The van der Waals surface area contributed by atoms with Crippen molar-refractivity contribution in [3.8, 4) is 46.1 Å². The quantitative estimate of drug-likeness (QED) is 0.0292. The van der Waals surface area contributed by atoms with Crippen LogP contribution in [0.1, 0.15) is 159 Å². The minimum absolute atomic E-state index is 0.0396. The van der Waals surface area contributed by atoms with Crippen LogP contribution in [0.15, 0.2) is 72.8 Å². The van der Waals surface area contributed by atoms with Crippen molar-refractivity contribution < 1.29 is 62.9 Å². The summed E-state index contributed by atoms with van der Waals surface area (Å²) in [5.74, 6) is 3.60. The van der Waals surface area contributed by atoms with Crippen LogP contribution in [0.25, 0.3) is 46.1 Å². The lowest BCUT2D eigenvalue weighted by molar-refractivity contribution is -0.141. The largest absolute Gasteiger partial charge is 0.433 e. The molecule has 0 aromatic carbocycles. The molecule has 0 aliphatic heterocycles. The van der Waals surface area contributed by atoms with Crippen LogP contribution >= 0.6 is 0 Å². The van der Waals surface area contributed by atoms with Gasteiger partial charge in [-0.2, -0.15) is 103 Å². The fraction of sp³-hybridized carbons (Fsp3) is 0.529. The van der Waals surface area contributed by atoms with Gasteiger partial charge in [0.25, 0.3) is 0 Å². The van der Waals surface area contributed by atoms with Gasteiger partial charge < -0.3 is 42.1 Å². The molecule has 8 N–H and O–H groups in total. The van der Waals surface area contributed by atoms with Crippen LogP contribution in [0.4, 0.5) is 88.4 Å². The van der Waals surface area contributed by atoms with E-state index in [1.165, 1.54) is 48.5 Å². The minimum atomic E-state index is -4.59. The van der Waals surface area contributed by atoms with Gasteiger partial charge >= 0.3 is 24.7 Å². The summed E-state index contributed by atoms with van der Waals surface area (Å²) >= 11 is 0. The van der Waals surface area contributed by atoms with Crippen LogP contribution in [0.5, 0.6) is 0 Å². The second-order valence-corrected chi connectivity index (χ2v) is 27.9. The summed E-state index contributed by atoms with van der Waals surface area (Å²) in [7, 11) is 0. The lowest BCUT2D eigenvalue weighted by atomic mass is 9.92. The molecule has 4 atom stereocenters. The zero-order valence-electron chi connectivity index (χ0n) is 61.0. The van der Waals surface area contributed by atoms with Crippen LogP contribution in [-0.2, 0) is 37.5 Å². The molecule has 0 radical (unpaired) electrons. The molecular weight excluding hydrogens is 1380 g/mol. The molecule has 0 aliphatic rings. The van der Waals surface area contributed by atoms with Crippen LogP contribution in [-0.4, -0.2) is 139 Å². The number of pyridine rings is 4. The van der Waals surface area contributed by atoms with Crippen molar-refractivity contribution in [2.24, 2.45) is 23.2 Å². The minimum Gasteiger partial charge on any atom is -0.392 e. The number of nitrogens with one attached hydrogen (secondary N) is 6. The molecule has 0 bridgehead atoms. The van der Waals surface area contributed by atoms with E-state index in [9.17, 15) is 62.9 Å². The molecule has 0 fully saturated rings. The monoisotopic (exact) mass is 1470 g/mol. The normalized spacial score (nSPS) is 13.3. The molecule has 8 heterocycles. The average Bonchev–Trinajstić information content (AvgIpc) is 0.863. The summed E-state index contributed by atoms with van der Waals surface area (Å²) in [6.07, 6.45) is -18.4. The number of aromatic nitrogens is 16. The molecule has 0 spiro atoms. The third-order valence-corrected chi connectivity index (χ3v) is 13.7. The van der Waals surface area contributed by atoms with Gasteiger partial charge in [0, 0.05) is 49.6 Å². The second-order valence-electron chi connectivity index (χ2n) is 27.9. The van der Waals surface area contributed by atoms with Gasteiger partial charge in [0.2, 0.25) is 35.7 Å². The van der Waals surface area contributed by atoms with Gasteiger partial charge in [0.15, 0.2) is 23.3 Å². The number of hydrogen-bond donors (Lipinski definition) is 8. The predicted molar refractivity (Wildman–Crippen MR) is 372 cm³/mol. The van der Waals surface area contributed by atoms with E-state index in [1.807, 2.05) is 111 Å². The Morgan fingerprint density at radius 3 is 0.942 bits per heavy atom. The second kappa shape index (κ2) is 36.3. The molecule has 24 nitrogen and oxygen atoms in total. The van der Waals surface area contributed by atoms with Gasteiger partial charge in [-0.3, -0.25) is 0 Å². The fourth-order valence-electron chi connectivity index (χ4n) is 8.15. The Kier molecular flexibility index (Phi) is 29.7. The number of aliphatic hydroxyl groups excluding tert-OH is 2. The van der Waals surface area contributed by atoms with Crippen molar-refractivity contribution in [1.29, 1.82) is 0 Å². The number of rotatable bonds is 22. The van der Waals surface area contributed by atoms with Crippen LogP contribution in [0.2, 0.25) is 0 Å². The highest BCUT2D eigenvalue weighted by atomic mass is 19.4. The van der Waals surface area contributed by atoms with Gasteiger partial charge in [-0.15, -0.1) is 0 Å². The summed E-state index contributed by atoms with van der Waals surface area (Å²) in [4.78, 5) is 65.6. The van der Waals surface area contributed by atoms with Gasteiger partial charge in [0.1, 0.15) is 57.2 Å². The highest BCUT2D eigenvalue weighted by Crippen LogP contribution is 2.34. The number of halogens is 12. The highest BCUT2D eigenvalue weighted by molar-refractivity contribution is 5.57. The Hall–Kier alpha value is -9.48. The molecule has 0 saturated heterocycles. The third kappa shape index (κ3) is 29.3. The van der Waals surface area contributed by atoms with E-state index in [0.717, 1.165) is 24.3 Å². The number of anilines is 6. The SMILES string of the molecule is CC(C)(C)Cc1nc(NC(C)(C)C)nc(-c2cccc(C(F)(F)F)n2)n1.CC(C)C(C)Nc1nc(NC(C)C(C)C)nc(-c2cccc(C(F)(F)F)n2)n1.CC(C)Cc1nc(NC(C)C)nc(-c2cccc(C(F)(F)F)n2)n1.CC(O)CNc1nc(NCC(C)O)nc(-c2cccc(C(F)(F)F)n2)n1. The maximum Gasteiger partial charge on any atom is 0.433 e. The summed E-state index contributed by atoms with van der Waals surface area (Å²) in [5, 5.41) is 36.8. The van der Waals surface area contributed by atoms with E-state index in [-0.39, 0.29) is 100 Å². The Morgan fingerprint density at radius 1 is 0.346 bits per heavy atom. The number of nitrogens with zero attached hydrogens (tertiary/aromatic N) is 16. The first-order valence-corrected chi connectivity index (χ1v) is 33.1. The first-order valence-electron chi connectivity index (χ1n) is 33.1. The molecule has 36 heteroatoms. The smallest absolute Gasteiger partial charge is 0.392 e. The van der Waals surface area contributed by atoms with Crippen molar-refractivity contribution in [1.82, 2.24) is 79.7 Å². The summed E-state index contributed by atoms with van der Waals surface area (Å²) in [5.41, 5.74) is -4.29. The molecular formula is C68H90F12N22O2. The average molecular weight is 1480 g/mol. The third-order valence-electron chi connectivity index (χ3n) is 13.7. The number of hydrogen-bond acceptors (Lipinski definition) is 24. The zero-order valence-corrected chi connectivity index (χ0v) is 61.0. The number of alkyl halides is 12. The lowest BCUT2D eigenvalue weighted by Gasteiger charge is -2.22. The molecule has 8 rings (SSSR count). The van der Waals surface area contributed by atoms with E-state index < -0.39 is 59.7 Å². The number of aliphatic hydroxyl groups is 2. The van der Waals surface area contributed by atoms with E-state index in [4.69, 9.17) is 0 Å². The first-order chi connectivity index (χ1) is 48.0. The van der Waals surface area contributed by atoms with Gasteiger partial charge in [0.05, 0.1) is 12.2 Å². The standard InChI is InChI=1S/C19H27F3N6.C18H24F3N5.C16H20F3N5.C15H19F3N6O2/c1-10(2)12(5)23-17-26-16(27-18(28-17)24-13(6)11(3)4)14-8-7-9-15(25-14)19(20,21)22;1-16(2,3)10-13-23-14(25-15(24-13)26-17(4,5)6)11-8-7-9-12(22-11)18(19,20)21;1-9(2)8-13-22-14(24-15(23-13)20-10(3)4)11-6-5-7-12(21-11)16(17,18)19;1-8(25)6-19-13-22-12(23-14(24-13)20-7-9(2)26)10-4-3-5-11(21-10)15(16,17)18/h7-13H,1-6H3,(H2,23,24,26,27,28);7-9H,10H2,1-6H3,(H,23,24,25,26);5-7,9-10H,8H2,1-4H3,(H,20,22,23,24);3-5,8-9,25-26H,6-7H2,1-2H3,(H2,19,20,22,23,24). The molecule has 0 aliphatic carbocycles. The molecule has 8 aromatic rings. The summed E-state index contributed by atoms with van der Waals surface area (Å²) < 4.78 is 155. The molecule has 0 saturated carbocycles. The van der Waals surface area contributed by atoms with Crippen LogP contribution in [0, 0.1) is 23.2 Å². The van der Waals surface area contributed by atoms with Crippen molar-refractivity contribution >= 4 is 35.7 Å². The maximum absolute atomic E-state index is 13.0. The topological polar surface area (TPSA) is 319 Å². The fourth-order valence-corrected chi connectivity index (χ4v) is 8.15. The van der Waals surface area contributed by atoms with Crippen molar-refractivity contribution in [2.45, 2.75) is 198 Å². The summed E-state index contributed by atoms with van der Waals surface area (Å²) in [6.45, 7) is 35.4. The highest BCUT2D eigenvalue weighted by Gasteiger charge is 2.36. The Morgan fingerprint density at radius 2 is 0.644 bits per heavy atom. The lowest BCUT2D eigenvalue weighted by Crippen LogP contribution is -2.28. The molecule has 4 unspecified atom stereocenters. The Labute approximate surface area is 595 Å². The van der Waals surface area contributed by atoms with Crippen LogP contribution < -0.4 is 31.9 Å². The van der Waals surface area contributed by atoms with Gasteiger partial charge in [-0.1, -0.05) is 86.6 Å². The molecule has 568 valence electrons. The van der Waals surface area contributed by atoms with Crippen molar-refractivity contribution in [3.05, 3.63) is 107 Å². The first kappa shape index (κ1) is 85.2. The Balaban J connectivity index is 0.000000250. The molecule has 0 amide bonds. The van der Waals surface area contributed by atoms with Gasteiger partial charge in [-0.25, -0.2) is 29.9 Å². The van der Waals surface area contributed by atoms with Crippen LogP contribution in [0.3, 0.4) is 0 Å². The Bertz CT molecular complexity index is 3900. The molecule has 104 heavy (non-hydrogen) atoms. The van der Waals surface area contributed by atoms with E-state index in [0.29, 0.717) is 66.0 Å². The zero-order chi connectivity index (χ0) is 78.0. The molecule has 8 aromatic heterocycles. The van der Waals surface area contributed by atoms with Crippen molar-refractivity contribution in [3.63, 3.8) is 0 Å². The predicted octanol–water partition coefficient (Wildman–Crippen LogP) is 15.1.